The summed E-state index contributed by atoms with van der Waals surface area (Å²) in [5, 5.41) is 0. The first-order valence-electron chi connectivity index (χ1n) is 7.84. The second kappa shape index (κ2) is 7.66. The lowest BCUT2D eigenvalue weighted by Crippen LogP contribution is -2.39. The Morgan fingerprint density at radius 1 is 1.26 bits per heavy atom. The molecule has 106 valence electrons. The van der Waals surface area contributed by atoms with Crippen molar-refractivity contribution in [1.82, 2.24) is 4.90 Å². The van der Waals surface area contributed by atoms with Crippen LogP contribution in [0.1, 0.15) is 50.5 Å². The molecule has 0 saturated carbocycles. The van der Waals surface area contributed by atoms with E-state index in [1.807, 2.05) is 0 Å². The summed E-state index contributed by atoms with van der Waals surface area (Å²) >= 11 is 0. The third-order valence-corrected chi connectivity index (χ3v) is 4.42. The normalized spacial score (nSPS) is 21.7. The Balaban J connectivity index is 1.86. The summed E-state index contributed by atoms with van der Waals surface area (Å²) in [6, 6.07) is 11.5. The van der Waals surface area contributed by atoms with Gasteiger partial charge >= 0.3 is 0 Å². The van der Waals surface area contributed by atoms with Crippen molar-refractivity contribution >= 4 is 0 Å². The predicted octanol–water partition coefficient (Wildman–Crippen LogP) is 3.38. The zero-order chi connectivity index (χ0) is 13.5. The van der Waals surface area contributed by atoms with Gasteiger partial charge in [-0.25, -0.2) is 0 Å². The summed E-state index contributed by atoms with van der Waals surface area (Å²) in [5.74, 6) is 0.710. The van der Waals surface area contributed by atoms with E-state index in [0.717, 1.165) is 6.54 Å². The first-order valence-corrected chi connectivity index (χ1v) is 7.84. The van der Waals surface area contributed by atoms with Gasteiger partial charge in [-0.3, -0.25) is 4.90 Å². The molecule has 0 amide bonds. The average molecular weight is 260 g/mol. The number of likely N-dealkylation sites (tertiary alicyclic amines) is 1. The van der Waals surface area contributed by atoms with E-state index in [4.69, 9.17) is 5.73 Å². The lowest BCUT2D eigenvalue weighted by molar-refractivity contribution is 0.228. The molecule has 0 spiro atoms. The number of hydrogen-bond donors (Lipinski definition) is 1. The molecule has 0 aliphatic carbocycles. The molecule has 2 heteroatoms. The molecule has 1 aromatic carbocycles. The number of unbranched alkanes of at least 4 members (excludes halogenated alkanes) is 2. The molecule has 0 bridgehead atoms. The van der Waals surface area contributed by atoms with Crippen LogP contribution in [0.15, 0.2) is 30.3 Å². The molecule has 2 unspecified atom stereocenters. The molecule has 2 rings (SSSR count). The third-order valence-electron chi connectivity index (χ3n) is 4.42. The minimum absolute atomic E-state index is 0.597. The Morgan fingerprint density at radius 3 is 2.74 bits per heavy atom. The smallest absolute Gasteiger partial charge is 0.0218 e. The van der Waals surface area contributed by atoms with Crippen LogP contribution in [0.3, 0.4) is 0 Å². The van der Waals surface area contributed by atoms with Crippen molar-refractivity contribution in [3.8, 4) is 0 Å². The van der Waals surface area contributed by atoms with Gasteiger partial charge in [0.15, 0.2) is 0 Å². The Morgan fingerprint density at radius 2 is 2.05 bits per heavy atom. The summed E-state index contributed by atoms with van der Waals surface area (Å²) in [7, 11) is 0. The fourth-order valence-electron chi connectivity index (χ4n) is 3.20. The number of nitrogens with zero attached hydrogens (tertiary/aromatic N) is 1. The van der Waals surface area contributed by atoms with E-state index < -0.39 is 0 Å². The monoisotopic (exact) mass is 260 g/mol. The Bertz CT molecular complexity index is 350. The molecule has 1 heterocycles. The van der Waals surface area contributed by atoms with Crippen molar-refractivity contribution in [3.63, 3.8) is 0 Å². The zero-order valence-electron chi connectivity index (χ0n) is 12.2. The maximum atomic E-state index is 5.98. The molecule has 1 aliphatic heterocycles. The zero-order valence-corrected chi connectivity index (χ0v) is 12.2. The van der Waals surface area contributed by atoms with Crippen LogP contribution in [-0.4, -0.2) is 30.6 Å². The Labute approximate surface area is 118 Å². The van der Waals surface area contributed by atoms with Crippen LogP contribution >= 0.6 is 0 Å². The number of nitrogens with two attached hydrogens (primary N) is 1. The van der Waals surface area contributed by atoms with Gasteiger partial charge in [-0.2, -0.15) is 0 Å². The van der Waals surface area contributed by atoms with Gasteiger partial charge < -0.3 is 5.73 Å². The molecule has 0 radical (unpaired) electrons. The van der Waals surface area contributed by atoms with Crippen molar-refractivity contribution in [2.45, 2.75) is 51.0 Å². The van der Waals surface area contributed by atoms with Gasteiger partial charge in [0, 0.05) is 19.1 Å². The topological polar surface area (TPSA) is 29.3 Å². The second-order valence-corrected chi connectivity index (χ2v) is 5.78. The summed E-state index contributed by atoms with van der Waals surface area (Å²) < 4.78 is 0. The van der Waals surface area contributed by atoms with Crippen molar-refractivity contribution in [2.24, 2.45) is 5.73 Å². The highest BCUT2D eigenvalue weighted by Gasteiger charge is 2.27. The van der Waals surface area contributed by atoms with Crippen molar-refractivity contribution in [1.29, 1.82) is 0 Å². The lowest BCUT2D eigenvalue weighted by Gasteiger charge is -2.26. The van der Waals surface area contributed by atoms with Gasteiger partial charge in [-0.15, -0.1) is 0 Å². The molecule has 19 heavy (non-hydrogen) atoms. The second-order valence-electron chi connectivity index (χ2n) is 5.78. The fourth-order valence-corrected chi connectivity index (χ4v) is 3.20. The van der Waals surface area contributed by atoms with Gasteiger partial charge in [0.1, 0.15) is 0 Å². The minimum atomic E-state index is 0.597. The maximum Gasteiger partial charge on any atom is 0.0218 e. The minimum Gasteiger partial charge on any atom is -0.329 e. The van der Waals surface area contributed by atoms with Gasteiger partial charge in [-0.05, 0) is 30.9 Å². The van der Waals surface area contributed by atoms with E-state index in [0.29, 0.717) is 12.0 Å². The Hall–Kier alpha value is -0.860. The molecular formula is C17H28N2. The van der Waals surface area contributed by atoms with Crippen LogP contribution in [0.25, 0.3) is 0 Å². The van der Waals surface area contributed by atoms with Crippen LogP contribution in [-0.2, 0) is 0 Å². The maximum absolute atomic E-state index is 5.98. The molecule has 1 aliphatic rings. The summed E-state index contributed by atoms with van der Waals surface area (Å²) in [6.45, 7) is 5.48. The molecule has 2 atom stereocenters. The van der Waals surface area contributed by atoms with Crippen LogP contribution in [0.2, 0.25) is 0 Å². The summed E-state index contributed by atoms with van der Waals surface area (Å²) in [4.78, 5) is 2.62. The molecule has 2 nitrogen and oxygen atoms in total. The van der Waals surface area contributed by atoms with Crippen LogP contribution in [0, 0.1) is 0 Å². The van der Waals surface area contributed by atoms with Gasteiger partial charge in [0.05, 0.1) is 0 Å². The number of rotatable bonds is 7. The highest BCUT2D eigenvalue weighted by atomic mass is 15.2. The molecule has 2 N–H and O–H groups in total. The first-order chi connectivity index (χ1) is 9.35. The van der Waals surface area contributed by atoms with Crippen molar-refractivity contribution < 1.29 is 0 Å². The van der Waals surface area contributed by atoms with E-state index in [9.17, 15) is 0 Å². The van der Waals surface area contributed by atoms with Gasteiger partial charge in [0.2, 0.25) is 0 Å². The van der Waals surface area contributed by atoms with Crippen LogP contribution in [0.4, 0.5) is 0 Å². The van der Waals surface area contributed by atoms with Crippen molar-refractivity contribution in [3.05, 3.63) is 35.9 Å². The van der Waals surface area contributed by atoms with E-state index in [1.165, 1.54) is 50.8 Å². The molecule has 1 aromatic rings. The number of hydrogen-bond acceptors (Lipinski definition) is 2. The van der Waals surface area contributed by atoms with E-state index in [1.54, 1.807) is 0 Å². The van der Waals surface area contributed by atoms with Gasteiger partial charge in [0.25, 0.3) is 0 Å². The van der Waals surface area contributed by atoms with Crippen molar-refractivity contribution in [2.75, 3.05) is 19.6 Å². The molecular weight excluding hydrogens is 232 g/mol. The molecule has 1 fully saturated rings. The SMILES string of the molecule is CCCCCC(CN)N1CCC(c2ccccc2)C1. The average Bonchev–Trinajstić information content (AvgIpc) is 2.94. The summed E-state index contributed by atoms with van der Waals surface area (Å²) in [6.07, 6.45) is 6.52. The highest BCUT2D eigenvalue weighted by molar-refractivity contribution is 5.21. The van der Waals surface area contributed by atoms with E-state index in [-0.39, 0.29) is 0 Å². The largest absolute Gasteiger partial charge is 0.329 e. The highest BCUT2D eigenvalue weighted by Crippen LogP contribution is 2.29. The fraction of sp³-hybridized carbons (Fsp3) is 0.647. The van der Waals surface area contributed by atoms with E-state index in [2.05, 4.69) is 42.2 Å². The molecule has 0 aromatic heterocycles. The quantitative estimate of drug-likeness (QED) is 0.762. The van der Waals surface area contributed by atoms with Crippen LogP contribution < -0.4 is 5.73 Å². The standard InChI is InChI=1S/C17H28N2/c1-2-3-5-10-17(13-18)19-12-11-16(14-19)15-8-6-4-7-9-15/h4,6-9,16-17H,2-3,5,10-14,18H2,1H3. The molecule has 1 saturated heterocycles. The Kier molecular flexibility index (Phi) is 5.87. The van der Waals surface area contributed by atoms with Gasteiger partial charge in [-0.1, -0.05) is 56.5 Å². The van der Waals surface area contributed by atoms with Crippen LogP contribution in [0.5, 0.6) is 0 Å². The third kappa shape index (κ3) is 4.05. The lowest BCUT2D eigenvalue weighted by atomic mass is 9.98. The predicted molar refractivity (Wildman–Crippen MR) is 82.4 cm³/mol. The first kappa shape index (κ1) is 14.5. The van der Waals surface area contributed by atoms with E-state index >= 15 is 0 Å². The summed E-state index contributed by atoms with van der Waals surface area (Å²) in [5.41, 5.74) is 7.47. The number of benzene rings is 1.